The average molecular weight is 356 g/mol. The molecule has 110 valence electrons. The first-order valence-corrected chi connectivity index (χ1v) is 6.93. The van der Waals surface area contributed by atoms with Crippen molar-refractivity contribution in [3.8, 4) is 5.75 Å². The van der Waals surface area contributed by atoms with Crippen LogP contribution in [0, 0.1) is 11.6 Å². The van der Waals surface area contributed by atoms with Gasteiger partial charge in [0, 0.05) is 16.2 Å². The highest BCUT2D eigenvalue weighted by Crippen LogP contribution is 2.18. The van der Waals surface area contributed by atoms with Crippen LogP contribution in [0.2, 0.25) is 0 Å². The third kappa shape index (κ3) is 4.26. The SMILES string of the molecule is C[C@H](Oc1ccc(Br)cc1)C(=O)Nc1ccc(F)c(F)c1. The molecule has 0 fully saturated rings. The molecular formula is C15H12BrF2NO2. The molecule has 1 amide bonds. The summed E-state index contributed by atoms with van der Waals surface area (Å²) < 4.78 is 32.2. The van der Waals surface area contributed by atoms with Gasteiger partial charge in [-0.3, -0.25) is 4.79 Å². The van der Waals surface area contributed by atoms with E-state index in [1.54, 1.807) is 31.2 Å². The van der Waals surface area contributed by atoms with Crippen molar-refractivity contribution >= 4 is 27.5 Å². The molecule has 2 aromatic rings. The number of benzene rings is 2. The van der Waals surface area contributed by atoms with Crippen molar-refractivity contribution in [2.75, 3.05) is 5.32 Å². The number of amides is 1. The van der Waals surface area contributed by atoms with Gasteiger partial charge in [-0.25, -0.2) is 8.78 Å². The van der Waals surface area contributed by atoms with Crippen LogP contribution in [0.5, 0.6) is 5.75 Å². The van der Waals surface area contributed by atoms with Gasteiger partial charge in [0.25, 0.3) is 5.91 Å². The molecule has 2 aromatic carbocycles. The van der Waals surface area contributed by atoms with Gasteiger partial charge in [-0.05, 0) is 43.3 Å². The molecule has 1 atom stereocenters. The van der Waals surface area contributed by atoms with Gasteiger partial charge in [0.05, 0.1) is 0 Å². The van der Waals surface area contributed by atoms with Crippen LogP contribution in [0.4, 0.5) is 14.5 Å². The number of hydrogen-bond acceptors (Lipinski definition) is 2. The van der Waals surface area contributed by atoms with E-state index in [0.29, 0.717) is 5.75 Å². The molecule has 0 saturated carbocycles. The molecule has 0 aliphatic heterocycles. The second-order valence-corrected chi connectivity index (χ2v) is 5.25. The molecule has 0 heterocycles. The van der Waals surface area contributed by atoms with E-state index in [4.69, 9.17) is 4.74 Å². The second kappa shape index (κ2) is 6.67. The fourth-order valence-electron chi connectivity index (χ4n) is 1.59. The third-order valence-corrected chi connectivity index (χ3v) is 3.21. The summed E-state index contributed by atoms with van der Waals surface area (Å²) in [7, 11) is 0. The minimum atomic E-state index is -1.02. The van der Waals surface area contributed by atoms with Crippen molar-refractivity contribution in [3.05, 3.63) is 58.6 Å². The van der Waals surface area contributed by atoms with E-state index < -0.39 is 23.6 Å². The molecule has 21 heavy (non-hydrogen) atoms. The Morgan fingerprint density at radius 3 is 2.43 bits per heavy atom. The molecule has 0 aliphatic rings. The fraction of sp³-hybridized carbons (Fsp3) is 0.133. The number of anilines is 1. The van der Waals surface area contributed by atoms with E-state index in [9.17, 15) is 13.6 Å². The highest BCUT2D eigenvalue weighted by Gasteiger charge is 2.15. The molecule has 6 heteroatoms. The van der Waals surface area contributed by atoms with Gasteiger partial charge in [-0.15, -0.1) is 0 Å². The van der Waals surface area contributed by atoms with Crippen LogP contribution in [0.25, 0.3) is 0 Å². The van der Waals surface area contributed by atoms with E-state index in [1.165, 1.54) is 6.07 Å². The Labute approximate surface area is 129 Å². The Balaban J connectivity index is 1.98. The van der Waals surface area contributed by atoms with Gasteiger partial charge in [0.2, 0.25) is 0 Å². The lowest BCUT2D eigenvalue weighted by Gasteiger charge is -2.14. The van der Waals surface area contributed by atoms with Gasteiger partial charge >= 0.3 is 0 Å². The molecule has 2 rings (SSSR count). The maximum atomic E-state index is 13.1. The summed E-state index contributed by atoms with van der Waals surface area (Å²) in [6.07, 6.45) is -0.778. The monoisotopic (exact) mass is 355 g/mol. The van der Waals surface area contributed by atoms with Crippen LogP contribution in [0.3, 0.4) is 0 Å². The lowest BCUT2D eigenvalue weighted by molar-refractivity contribution is -0.122. The summed E-state index contributed by atoms with van der Waals surface area (Å²) in [5.74, 6) is -1.91. The zero-order chi connectivity index (χ0) is 15.4. The Morgan fingerprint density at radius 1 is 1.14 bits per heavy atom. The van der Waals surface area contributed by atoms with Crippen molar-refractivity contribution in [3.63, 3.8) is 0 Å². The van der Waals surface area contributed by atoms with Gasteiger partial charge in [-0.1, -0.05) is 15.9 Å². The number of nitrogens with one attached hydrogen (secondary N) is 1. The molecule has 0 radical (unpaired) electrons. The molecule has 0 bridgehead atoms. The maximum Gasteiger partial charge on any atom is 0.265 e. The highest BCUT2D eigenvalue weighted by atomic mass is 79.9. The maximum absolute atomic E-state index is 13.1. The molecule has 1 N–H and O–H groups in total. The second-order valence-electron chi connectivity index (χ2n) is 4.33. The molecule has 0 aromatic heterocycles. The van der Waals surface area contributed by atoms with Crippen molar-refractivity contribution in [1.82, 2.24) is 0 Å². The number of carbonyl (C=O) groups is 1. The van der Waals surface area contributed by atoms with Crippen molar-refractivity contribution < 1.29 is 18.3 Å². The van der Waals surface area contributed by atoms with Crippen molar-refractivity contribution in [2.24, 2.45) is 0 Å². The molecule has 0 aliphatic carbocycles. The lowest BCUT2D eigenvalue weighted by Crippen LogP contribution is -2.30. The molecule has 0 unspecified atom stereocenters. The van der Waals surface area contributed by atoms with Gasteiger partial charge in [-0.2, -0.15) is 0 Å². The molecule has 0 saturated heterocycles. The third-order valence-electron chi connectivity index (χ3n) is 2.68. The standard InChI is InChI=1S/C15H12BrF2NO2/c1-9(21-12-5-2-10(16)3-6-12)15(20)19-11-4-7-13(17)14(18)8-11/h2-9H,1H3,(H,19,20)/t9-/m0/s1. The quantitative estimate of drug-likeness (QED) is 0.895. The number of ether oxygens (including phenoxy) is 1. The molecule has 3 nitrogen and oxygen atoms in total. The Hall–Kier alpha value is -1.95. The number of carbonyl (C=O) groups excluding carboxylic acids is 1. The summed E-state index contributed by atoms with van der Waals surface area (Å²) >= 11 is 3.30. The van der Waals surface area contributed by atoms with Crippen LogP contribution < -0.4 is 10.1 Å². The predicted molar refractivity (Wildman–Crippen MR) is 79.2 cm³/mol. The summed E-state index contributed by atoms with van der Waals surface area (Å²) in [6.45, 7) is 1.57. The number of rotatable bonds is 4. The topological polar surface area (TPSA) is 38.3 Å². The van der Waals surface area contributed by atoms with Crippen LogP contribution in [-0.2, 0) is 4.79 Å². The lowest BCUT2D eigenvalue weighted by atomic mass is 10.2. The van der Waals surface area contributed by atoms with Gasteiger partial charge < -0.3 is 10.1 Å². The van der Waals surface area contributed by atoms with Gasteiger partial charge in [0.15, 0.2) is 17.7 Å². The summed E-state index contributed by atoms with van der Waals surface area (Å²) in [5, 5.41) is 2.46. The summed E-state index contributed by atoms with van der Waals surface area (Å²) in [6, 6.07) is 10.1. The first kappa shape index (κ1) is 15.4. The predicted octanol–water partition coefficient (Wildman–Crippen LogP) is 4.13. The first-order chi connectivity index (χ1) is 9.95. The first-order valence-electron chi connectivity index (χ1n) is 6.14. The van der Waals surface area contributed by atoms with E-state index in [2.05, 4.69) is 21.2 Å². The Kier molecular flexibility index (Phi) is 4.90. The van der Waals surface area contributed by atoms with Gasteiger partial charge in [0.1, 0.15) is 5.75 Å². The number of halogens is 3. The van der Waals surface area contributed by atoms with Crippen LogP contribution in [0.1, 0.15) is 6.92 Å². The van der Waals surface area contributed by atoms with E-state index >= 15 is 0 Å². The smallest absolute Gasteiger partial charge is 0.265 e. The van der Waals surface area contributed by atoms with Crippen LogP contribution in [0.15, 0.2) is 46.9 Å². The Bertz CT molecular complexity index is 647. The largest absolute Gasteiger partial charge is 0.481 e. The van der Waals surface area contributed by atoms with Crippen LogP contribution in [-0.4, -0.2) is 12.0 Å². The van der Waals surface area contributed by atoms with Crippen molar-refractivity contribution in [2.45, 2.75) is 13.0 Å². The minimum absolute atomic E-state index is 0.171. The summed E-state index contributed by atoms with van der Waals surface area (Å²) in [5.41, 5.74) is 0.171. The molecule has 0 spiro atoms. The zero-order valence-electron chi connectivity index (χ0n) is 11.1. The van der Waals surface area contributed by atoms with E-state index in [1.807, 2.05) is 0 Å². The van der Waals surface area contributed by atoms with Crippen LogP contribution >= 0.6 is 15.9 Å². The molecular weight excluding hydrogens is 344 g/mol. The Morgan fingerprint density at radius 2 is 1.81 bits per heavy atom. The minimum Gasteiger partial charge on any atom is -0.481 e. The average Bonchev–Trinajstić information content (AvgIpc) is 2.45. The zero-order valence-corrected chi connectivity index (χ0v) is 12.7. The van der Waals surface area contributed by atoms with E-state index in [0.717, 1.165) is 16.6 Å². The summed E-state index contributed by atoms with van der Waals surface area (Å²) in [4.78, 5) is 11.9. The van der Waals surface area contributed by atoms with Crippen molar-refractivity contribution in [1.29, 1.82) is 0 Å². The fourth-order valence-corrected chi connectivity index (χ4v) is 1.85. The highest BCUT2D eigenvalue weighted by molar-refractivity contribution is 9.10. The number of hydrogen-bond donors (Lipinski definition) is 1. The van der Waals surface area contributed by atoms with E-state index in [-0.39, 0.29) is 5.69 Å². The normalized spacial score (nSPS) is 11.8.